The van der Waals surface area contributed by atoms with Gasteiger partial charge in [0.05, 0.1) is 11.7 Å². The van der Waals surface area contributed by atoms with E-state index in [2.05, 4.69) is 22.4 Å². The van der Waals surface area contributed by atoms with Crippen LogP contribution in [0.25, 0.3) is 0 Å². The number of hydrogen-bond acceptors (Lipinski definition) is 8. The molecule has 0 bridgehead atoms. The Morgan fingerprint density at radius 3 is 1.27 bits per heavy atom. The molecule has 12 heteroatoms. The molecule has 0 heterocycles. The molecule has 1 rings (SSSR count). The zero-order valence-electron chi connectivity index (χ0n) is 17.4. The van der Waals surface area contributed by atoms with Gasteiger partial charge in [-0.2, -0.15) is 0 Å². The van der Waals surface area contributed by atoms with Crippen molar-refractivity contribution in [2.24, 2.45) is 16.5 Å². The normalized spacial score (nSPS) is 7.13. The van der Waals surface area contributed by atoms with Gasteiger partial charge < -0.3 is 31.9 Å². The molecule has 0 aliphatic heterocycles. The molecule has 172 valence electrons. The summed E-state index contributed by atoms with van der Waals surface area (Å²) in [6.07, 6.45) is 0. The van der Waals surface area contributed by atoms with Crippen molar-refractivity contribution in [2.45, 2.75) is 34.2 Å². The number of hydrogen-bond donors (Lipinski definition) is 6. The fourth-order valence-corrected chi connectivity index (χ4v) is 0.772. The molecule has 0 atom stereocenters. The fraction of sp³-hybridized carbons (Fsp3) is 0.389. The van der Waals surface area contributed by atoms with Crippen molar-refractivity contribution in [2.75, 3.05) is 13.1 Å². The lowest BCUT2D eigenvalue weighted by Gasteiger charge is -1.90. The number of thiocarbonyl (C=S) groups is 1. The highest BCUT2D eigenvalue weighted by Gasteiger charge is 1.84. The molecule has 11 nitrogen and oxygen atoms in total. The number of isothiocyanates is 1. The first kappa shape index (κ1) is 37.6. The van der Waals surface area contributed by atoms with E-state index in [1.54, 1.807) is 0 Å². The number of nitrogens with two attached hydrogens (primary N) is 2. The Bertz CT molecular complexity index is 541. The van der Waals surface area contributed by atoms with E-state index in [0.29, 0.717) is 19.6 Å². The lowest BCUT2D eigenvalue weighted by Crippen LogP contribution is -2.11. The molecule has 0 unspecified atom stereocenters. The molecule has 0 spiro atoms. The van der Waals surface area contributed by atoms with E-state index in [-0.39, 0.29) is 0 Å². The lowest BCUT2D eigenvalue weighted by atomic mass is 10.2. The average Bonchev–Trinajstić information content (AvgIpc) is 2.59. The molecular formula is C18H31N3O8S. The van der Waals surface area contributed by atoms with E-state index in [4.69, 9.17) is 51.1 Å². The van der Waals surface area contributed by atoms with Gasteiger partial charge in [-0.1, -0.05) is 30.3 Å². The third kappa shape index (κ3) is 146. The maximum absolute atomic E-state index is 9.00. The second-order valence-corrected chi connectivity index (χ2v) is 4.73. The zero-order chi connectivity index (χ0) is 25.0. The summed E-state index contributed by atoms with van der Waals surface area (Å²) in [5.74, 6) is -3.33. The minimum Gasteiger partial charge on any atom is -0.481 e. The van der Waals surface area contributed by atoms with Crippen LogP contribution in [0, 0.1) is 0 Å². The molecule has 0 aromatic heterocycles. The van der Waals surface area contributed by atoms with Crippen LogP contribution >= 0.6 is 12.2 Å². The minimum absolute atomic E-state index is 0.597. The Morgan fingerprint density at radius 2 is 1.07 bits per heavy atom. The highest BCUT2D eigenvalue weighted by molar-refractivity contribution is 7.78. The number of aliphatic carboxylic acids is 4. The first-order valence-electron chi connectivity index (χ1n) is 8.04. The van der Waals surface area contributed by atoms with Gasteiger partial charge >= 0.3 is 0 Å². The average molecular weight is 450 g/mol. The van der Waals surface area contributed by atoms with Crippen LogP contribution in [-0.4, -0.2) is 62.6 Å². The highest BCUT2D eigenvalue weighted by Crippen LogP contribution is 1.98. The summed E-state index contributed by atoms with van der Waals surface area (Å²) >= 11 is 4.43. The molecule has 0 fully saturated rings. The maximum atomic E-state index is 9.00. The van der Waals surface area contributed by atoms with Gasteiger partial charge in [-0.15, -0.1) is 0 Å². The van der Waals surface area contributed by atoms with Crippen LogP contribution in [0.4, 0.5) is 0 Å². The molecule has 0 radical (unpaired) electrons. The van der Waals surface area contributed by atoms with E-state index < -0.39 is 23.9 Å². The summed E-state index contributed by atoms with van der Waals surface area (Å²) < 4.78 is 0. The number of carbonyl (C=O) groups is 4. The summed E-state index contributed by atoms with van der Waals surface area (Å²) in [5.41, 5.74) is 11.0. The van der Waals surface area contributed by atoms with Crippen molar-refractivity contribution in [3.63, 3.8) is 0 Å². The van der Waals surface area contributed by atoms with E-state index >= 15 is 0 Å². The quantitative estimate of drug-likeness (QED) is 0.287. The maximum Gasteiger partial charge on any atom is 0.300 e. The van der Waals surface area contributed by atoms with Gasteiger partial charge in [-0.05, 0) is 17.8 Å². The van der Waals surface area contributed by atoms with E-state index in [0.717, 1.165) is 27.7 Å². The molecule has 0 amide bonds. The molecule has 1 aromatic carbocycles. The van der Waals surface area contributed by atoms with Crippen molar-refractivity contribution in [3.8, 4) is 0 Å². The zero-order valence-corrected chi connectivity index (χ0v) is 18.3. The summed E-state index contributed by atoms with van der Waals surface area (Å²) in [6, 6.07) is 9.96. The van der Waals surface area contributed by atoms with Crippen molar-refractivity contribution >= 4 is 41.3 Å². The Morgan fingerprint density at radius 1 is 0.800 bits per heavy atom. The Labute approximate surface area is 181 Å². The van der Waals surface area contributed by atoms with Gasteiger partial charge in [0.1, 0.15) is 0 Å². The van der Waals surface area contributed by atoms with Crippen molar-refractivity contribution in [1.82, 2.24) is 0 Å². The monoisotopic (exact) mass is 449 g/mol. The van der Waals surface area contributed by atoms with E-state index in [1.807, 2.05) is 30.3 Å². The lowest BCUT2D eigenvalue weighted by molar-refractivity contribution is -0.135. The SMILES string of the molecule is CC(=O)O.CC(=O)O.CC(=O)O.CC(=O)O.NCCN.S=C=NCc1ccccc1. The van der Waals surface area contributed by atoms with Crippen molar-refractivity contribution in [3.05, 3.63) is 35.9 Å². The molecule has 0 aliphatic rings. The second-order valence-electron chi connectivity index (χ2n) is 4.55. The van der Waals surface area contributed by atoms with E-state index in [9.17, 15) is 0 Å². The molecule has 0 saturated heterocycles. The number of carboxylic acids is 4. The number of nitrogens with zero attached hydrogens (tertiary/aromatic N) is 1. The Kier molecular flexibility index (Phi) is 41.8. The first-order chi connectivity index (χ1) is 13.8. The second kappa shape index (κ2) is 33.4. The van der Waals surface area contributed by atoms with Crippen LogP contribution in [0.5, 0.6) is 0 Å². The van der Waals surface area contributed by atoms with Gasteiger partial charge in [-0.25, -0.2) is 4.99 Å². The fourth-order valence-electron chi connectivity index (χ4n) is 0.707. The van der Waals surface area contributed by atoms with Crippen LogP contribution in [-0.2, 0) is 25.7 Å². The van der Waals surface area contributed by atoms with Gasteiger partial charge in [0.15, 0.2) is 0 Å². The Hall–Kier alpha value is -3.18. The number of carboxylic acid groups (broad SMARTS) is 4. The molecular weight excluding hydrogens is 418 g/mol. The summed E-state index contributed by atoms with van der Waals surface area (Å²) in [4.78, 5) is 39.8. The summed E-state index contributed by atoms with van der Waals surface area (Å²) in [5, 5.41) is 32.0. The van der Waals surface area contributed by atoms with Gasteiger partial charge in [0.2, 0.25) is 0 Å². The van der Waals surface area contributed by atoms with Gasteiger partial charge in [0, 0.05) is 40.8 Å². The third-order valence-corrected chi connectivity index (χ3v) is 1.46. The number of aliphatic imine (C=N–C) groups is 1. The standard InChI is InChI=1S/C8H7NS.C2H8N2.4C2H4O2/c10-7-9-6-8-4-2-1-3-5-8;3-1-2-4;4*1-2(3)4/h1-5H,6H2;1-4H2;4*1H3,(H,3,4). The minimum atomic E-state index is -0.833. The molecule has 0 saturated carbocycles. The summed E-state index contributed by atoms with van der Waals surface area (Å²) in [7, 11) is 0. The van der Waals surface area contributed by atoms with E-state index in [1.165, 1.54) is 5.56 Å². The molecule has 8 N–H and O–H groups in total. The van der Waals surface area contributed by atoms with Crippen molar-refractivity contribution < 1.29 is 39.6 Å². The van der Waals surface area contributed by atoms with Crippen LogP contribution in [0.2, 0.25) is 0 Å². The first-order valence-corrected chi connectivity index (χ1v) is 8.44. The third-order valence-electron chi connectivity index (χ3n) is 1.34. The molecule has 0 aliphatic carbocycles. The van der Waals surface area contributed by atoms with Gasteiger partial charge in [-0.3, -0.25) is 19.2 Å². The van der Waals surface area contributed by atoms with Crippen molar-refractivity contribution in [1.29, 1.82) is 0 Å². The predicted octanol–water partition coefficient (Wildman–Crippen LogP) is 1.56. The van der Waals surface area contributed by atoms with Crippen LogP contribution < -0.4 is 11.5 Å². The Balaban J connectivity index is -0.0000000897. The highest BCUT2D eigenvalue weighted by atomic mass is 32.1. The smallest absolute Gasteiger partial charge is 0.300 e. The summed E-state index contributed by atoms with van der Waals surface area (Å²) in [6.45, 7) is 6.17. The predicted molar refractivity (Wildman–Crippen MR) is 117 cm³/mol. The topological polar surface area (TPSA) is 214 Å². The molecule has 1 aromatic rings. The largest absolute Gasteiger partial charge is 0.481 e. The van der Waals surface area contributed by atoms with Gasteiger partial charge in [0.25, 0.3) is 23.9 Å². The number of benzene rings is 1. The van der Waals surface area contributed by atoms with Crippen LogP contribution in [0.1, 0.15) is 33.3 Å². The number of rotatable bonds is 3. The van der Waals surface area contributed by atoms with Crippen LogP contribution in [0.3, 0.4) is 0 Å². The van der Waals surface area contributed by atoms with Crippen LogP contribution in [0.15, 0.2) is 35.3 Å². The molecule has 30 heavy (non-hydrogen) atoms.